The third-order valence-corrected chi connectivity index (χ3v) is 4.77. The lowest BCUT2D eigenvalue weighted by atomic mass is 9.97. The van der Waals surface area contributed by atoms with Crippen LogP contribution in [0.2, 0.25) is 0 Å². The van der Waals surface area contributed by atoms with E-state index in [1.807, 2.05) is 42.5 Å². The minimum absolute atomic E-state index is 0.0326. The highest BCUT2D eigenvalue weighted by molar-refractivity contribution is 9.11. The Hall–Kier alpha value is -1.17. The Morgan fingerprint density at radius 1 is 1.19 bits per heavy atom. The van der Waals surface area contributed by atoms with Crippen molar-refractivity contribution in [3.63, 3.8) is 0 Å². The number of amides is 1. The maximum Gasteiger partial charge on any atom is 0.259 e. The first-order valence-electron chi connectivity index (χ1n) is 6.66. The van der Waals surface area contributed by atoms with Crippen LogP contribution in [0, 0.1) is 0 Å². The number of fused-ring (bicyclic) bond motifs is 1. The number of nitrogens with two attached hydrogens (primary N) is 1. The standard InChI is InChI=1S/C16H14Br2N2O/c17-11-5-6-14(18)13(8-11)16(21)20-9-12(19)7-10-3-1-2-4-15(10)20/h1-6,8,12H,7,9,19H2. The van der Waals surface area contributed by atoms with Crippen molar-refractivity contribution in [1.29, 1.82) is 0 Å². The summed E-state index contributed by atoms with van der Waals surface area (Å²) in [5.41, 5.74) is 8.82. The smallest absolute Gasteiger partial charge is 0.259 e. The highest BCUT2D eigenvalue weighted by atomic mass is 79.9. The monoisotopic (exact) mass is 408 g/mol. The fourth-order valence-electron chi connectivity index (χ4n) is 2.63. The van der Waals surface area contributed by atoms with Gasteiger partial charge in [-0.05, 0) is 52.2 Å². The van der Waals surface area contributed by atoms with Gasteiger partial charge in [0.15, 0.2) is 0 Å². The summed E-state index contributed by atoms with van der Waals surface area (Å²) in [5.74, 6) is -0.0363. The number of nitrogens with zero attached hydrogens (tertiary/aromatic N) is 1. The Bertz CT molecular complexity index is 702. The van der Waals surface area contributed by atoms with Crippen LogP contribution in [0.5, 0.6) is 0 Å². The van der Waals surface area contributed by atoms with Crippen molar-refractivity contribution < 1.29 is 4.79 Å². The van der Waals surface area contributed by atoms with Crippen molar-refractivity contribution >= 4 is 43.5 Å². The summed E-state index contributed by atoms with van der Waals surface area (Å²) in [5, 5.41) is 0. The highest BCUT2D eigenvalue weighted by Gasteiger charge is 2.28. The first kappa shape index (κ1) is 14.8. The Balaban J connectivity index is 2.04. The third-order valence-electron chi connectivity index (χ3n) is 3.59. The van der Waals surface area contributed by atoms with Gasteiger partial charge in [0.2, 0.25) is 0 Å². The third kappa shape index (κ3) is 2.91. The van der Waals surface area contributed by atoms with Gasteiger partial charge in [0, 0.05) is 27.2 Å². The Labute approximate surface area is 140 Å². The molecule has 1 atom stereocenters. The summed E-state index contributed by atoms with van der Waals surface area (Å²) in [4.78, 5) is 14.7. The lowest BCUT2D eigenvalue weighted by Gasteiger charge is -2.33. The van der Waals surface area contributed by atoms with Gasteiger partial charge in [-0.3, -0.25) is 4.79 Å². The molecular weight excluding hydrogens is 396 g/mol. The number of carbonyl (C=O) groups excluding carboxylic acids is 1. The van der Waals surface area contributed by atoms with Crippen molar-refractivity contribution in [1.82, 2.24) is 0 Å². The van der Waals surface area contributed by atoms with Gasteiger partial charge in [-0.25, -0.2) is 0 Å². The van der Waals surface area contributed by atoms with Gasteiger partial charge in [0.25, 0.3) is 5.91 Å². The summed E-state index contributed by atoms with van der Waals surface area (Å²) < 4.78 is 1.66. The Morgan fingerprint density at radius 3 is 2.76 bits per heavy atom. The van der Waals surface area contributed by atoms with Crippen LogP contribution in [0.3, 0.4) is 0 Å². The van der Waals surface area contributed by atoms with Crippen molar-refractivity contribution in [2.24, 2.45) is 5.73 Å². The highest BCUT2D eigenvalue weighted by Crippen LogP contribution is 2.30. The van der Waals surface area contributed by atoms with Gasteiger partial charge in [-0.2, -0.15) is 0 Å². The van der Waals surface area contributed by atoms with E-state index < -0.39 is 0 Å². The molecule has 3 nitrogen and oxygen atoms in total. The fraction of sp³-hybridized carbons (Fsp3) is 0.188. The molecule has 108 valence electrons. The molecule has 0 saturated carbocycles. The zero-order chi connectivity index (χ0) is 15.0. The van der Waals surface area contributed by atoms with Gasteiger partial charge in [-0.1, -0.05) is 34.1 Å². The molecule has 1 amide bonds. The van der Waals surface area contributed by atoms with Crippen LogP contribution < -0.4 is 10.6 Å². The van der Waals surface area contributed by atoms with Crippen LogP contribution in [-0.2, 0) is 6.42 Å². The fourth-order valence-corrected chi connectivity index (χ4v) is 3.40. The average Bonchev–Trinajstić information content (AvgIpc) is 2.48. The van der Waals surface area contributed by atoms with Gasteiger partial charge in [0.05, 0.1) is 5.56 Å². The number of para-hydroxylation sites is 1. The average molecular weight is 410 g/mol. The number of halogens is 2. The number of anilines is 1. The minimum Gasteiger partial charge on any atom is -0.326 e. The van der Waals surface area contributed by atoms with E-state index >= 15 is 0 Å². The van der Waals surface area contributed by atoms with Crippen LogP contribution in [0.25, 0.3) is 0 Å². The number of carbonyl (C=O) groups is 1. The molecule has 2 N–H and O–H groups in total. The number of benzene rings is 2. The van der Waals surface area contributed by atoms with Crippen molar-refractivity contribution in [3.8, 4) is 0 Å². The van der Waals surface area contributed by atoms with E-state index in [2.05, 4.69) is 31.9 Å². The summed E-state index contributed by atoms with van der Waals surface area (Å²) in [7, 11) is 0. The summed E-state index contributed by atoms with van der Waals surface area (Å²) in [6, 6.07) is 13.5. The van der Waals surface area contributed by atoms with Crippen LogP contribution in [0.4, 0.5) is 5.69 Å². The van der Waals surface area contributed by atoms with E-state index in [9.17, 15) is 4.79 Å². The maximum atomic E-state index is 12.9. The number of hydrogen-bond acceptors (Lipinski definition) is 2. The van der Waals surface area contributed by atoms with E-state index in [0.29, 0.717) is 12.1 Å². The molecule has 0 aromatic heterocycles. The molecule has 5 heteroatoms. The number of rotatable bonds is 1. The van der Waals surface area contributed by atoms with Crippen LogP contribution in [0.15, 0.2) is 51.4 Å². The summed E-state index contributed by atoms with van der Waals surface area (Å²) in [6.45, 7) is 0.537. The lowest BCUT2D eigenvalue weighted by Crippen LogP contribution is -2.46. The number of hydrogen-bond donors (Lipinski definition) is 1. The molecule has 1 aliphatic rings. The quantitative estimate of drug-likeness (QED) is 0.779. The van der Waals surface area contributed by atoms with Crippen molar-refractivity contribution in [2.75, 3.05) is 11.4 Å². The molecule has 1 unspecified atom stereocenters. The molecule has 0 radical (unpaired) electrons. The predicted molar refractivity (Wildman–Crippen MR) is 91.6 cm³/mol. The maximum absolute atomic E-state index is 12.9. The molecule has 0 bridgehead atoms. The topological polar surface area (TPSA) is 46.3 Å². The van der Waals surface area contributed by atoms with E-state index in [0.717, 1.165) is 26.6 Å². The molecule has 0 saturated heterocycles. The molecule has 1 heterocycles. The molecule has 21 heavy (non-hydrogen) atoms. The van der Waals surface area contributed by atoms with E-state index in [1.54, 1.807) is 4.90 Å². The molecule has 2 aromatic rings. The van der Waals surface area contributed by atoms with Gasteiger partial charge >= 0.3 is 0 Å². The first-order valence-corrected chi connectivity index (χ1v) is 8.25. The van der Waals surface area contributed by atoms with E-state index in [4.69, 9.17) is 5.73 Å². The largest absolute Gasteiger partial charge is 0.326 e. The lowest BCUT2D eigenvalue weighted by molar-refractivity contribution is 0.0982. The van der Waals surface area contributed by atoms with Crippen LogP contribution >= 0.6 is 31.9 Å². The predicted octanol–water partition coefficient (Wildman–Crippen LogP) is 3.74. The second-order valence-electron chi connectivity index (χ2n) is 5.13. The molecule has 1 aliphatic heterocycles. The molecule has 2 aromatic carbocycles. The van der Waals surface area contributed by atoms with Gasteiger partial charge in [0.1, 0.15) is 0 Å². The molecule has 0 aliphatic carbocycles. The minimum atomic E-state index is -0.0363. The van der Waals surface area contributed by atoms with E-state index in [1.165, 1.54) is 0 Å². The van der Waals surface area contributed by atoms with Crippen LogP contribution in [0.1, 0.15) is 15.9 Å². The zero-order valence-electron chi connectivity index (χ0n) is 11.2. The summed E-state index contributed by atoms with van der Waals surface area (Å²) >= 11 is 6.87. The van der Waals surface area contributed by atoms with Gasteiger partial charge in [-0.15, -0.1) is 0 Å². The SMILES string of the molecule is NC1Cc2ccccc2N(C(=O)c2cc(Br)ccc2Br)C1. The molecule has 0 spiro atoms. The van der Waals surface area contributed by atoms with Crippen molar-refractivity contribution in [2.45, 2.75) is 12.5 Å². The second kappa shape index (κ2) is 5.91. The summed E-state index contributed by atoms with van der Waals surface area (Å²) in [6.07, 6.45) is 0.805. The molecular formula is C16H14Br2N2O. The van der Waals surface area contributed by atoms with Gasteiger partial charge < -0.3 is 10.6 Å². The normalized spacial score (nSPS) is 17.5. The molecule has 3 rings (SSSR count). The van der Waals surface area contributed by atoms with Crippen LogP contribution in [-0.4, -0.2) is 18.5 Å². The first-order chi connectivity index (χ1) is 10.1. The zero-order valence-corrected chi connectivity index (χ0v) is 14.4. The Morgan fingerprint density at radius 2 is 1.95 bits per heavy atom. The Kier molecular flexibility index (Phi) is 4.15. The second-order valence-corrected chi connectivity index (χ2v) is 6.90. The van der Waals surface area contributed by atoms with Crippen molar-refractivity contribution in [3.05, 3.63) is 62.5 Å². The molecule has 0 fully saturated rings. The van der Waals surface area contributed by atoms with E-state index in [-0.39, 0.29) is 11.9 Å².